The van der Waals surface area contributed by atoms with E-state index in [0.29, 0.717) is 0 Å². The van der Waals surface area contributed by atoms with Gasteiger partial charge in [0.05, 0.1) is 0 Å². The minimum Gasteiger partial charge on any atom is -0.459 e. The van der Waals surface area contributed by atoms with Crippen LogP contribution in [-0.4, -0.2) is 12.1 Å². The van der Waals surface area contributed by atoms with Crippen molar-refractivity contribution in [3.63, 3.8) is 0 Å². The summed E-state index contributed by atoms with van der Waals surface area (Å²) in [6.07, 6.45) is 13.3. The maximum absolute atomic E-state index is 11.2. The summed E-state index contributed by atoms with van der Waals surface area (Å²) in [6.45, 7) is 7.85. The molecule has 0 aromatic carbocycles. The lowest BCUT2D eigenvalue weighted by Crippen LogP contribution is -2.16. The van der Waals surface area contributed by atoms with Gasteiger partial charge in [-0.05, 0) is 19.3 Å². The number of carbonyl (C=O) groups excluding carboxylic acids is 1. The second kappa shape index (κ2) is 12.7. The minimum atomic E-state index is -0.276. The van der Waals surface area contributed by atoms with Crippen molar-refractivity contribution < 1.29 is 9.53 Å². The van der Waals surface area contributed by atoms with Crippen LogP contribution in [0.15, 0.2) is 12.7 Å². The van der Waals surface area contributed by atoms with Crippen LogP contribution in [0, 0.1) is 0 Å². The molecule has 0 aromatic heterocycles. The highest BCUT2D eigenvalue weighted by molar-refractivity contribution is 5.81. The Hall–Kier alpha value is -0.790. The third-order valence-electron chi connectivity index (χ3n) is 3.21. The molecule has 2 heteroatoms. The molecular weight excluding hydrogens is 224 g/mol. The van der Waals surface area contributed by atoms with Crippen molar-refractivity contribution in [3.8, 4) is 0 Å². The molecule has 0 aliphatic heterocycles. The van der Waals surface area contributed by atoms with E-state index in [-0.39, 0.29) is 12.1 Å². The van der Waals surface area contributed by atoms with Gasteiger partial charge >= 0.3 is 5.97 Å². The fraction of sp³-hybridized carbons (Fsp3) is 0.812. The molecule has 1 unspecified atom stereocenters. The van der Waals surface area contributed by atoms with Gasteiger partial charge < -0.3 is 4.74 Å². The maximum Gasteiger partial charge on any atom is 0.330 e. The van der Waals surface area contributed by atoms with Gasteiger partial charge in [-0.3, -0.25) is 0 Å². The van der Waals surface area contributed by atoms with Crippen molar-refractivity contribution in [2.24, 2.45) is 0 Å². The first-order valence-electron chi connectivity index (χ1n) is 7.57. The number of esters is 1. The summed E-state index contributed by atoms with van der Waals surface area (Å²) in [5.41, 5.74) is 0. The molecule has 0 heterocycles. The van der Waals surface area contributed by atoms with Crippen molar-refractivity contribution in [1.29, 1.82) is 0 Å². The fourth-order valence-electron chi connectivity index (χ4n) is 2.06. The van der Waals surface area contributed by atoms with Crippen LogP contribution in [0.25, 0.3) is 0 Å². The highest BCUT2D eigenvalue weighted by atomic mass is 16.5. The van der Waals surface area contributed by atoms with Crippen LogP contribution in [0.3, 0.4) is 0 Å². The van der Waals surface area contributed by atoms with E-state index in [1.54, 1.807) is 0 Å². The molecule has 0 fully saturated rings. The predicted molar refractivity (Wildman–Crippen MR) is 77.6 cm³/mol. The normalized spacial score (nSPS) is 12.1. The molecule has 0 N–H and O–H groups in total. The number of unbranched alkanes of at least 4 members (excludes halogenated alkanes) is 6. The molecule has 2 nitrogen and oxygen atoms in total. The van der Waals surface area contributed by atoms with Gasteiger partial charge in [0, 0.05) is 6.08 Å². The van der Waals surface area contributed by atoms with E-state index in [1.807, 2.05) is 0 Å². The molecule has 0 saturated heterocycles. The Balaban J connectivity index is 3.71. The Morgan fingerprint density at radius 2 is 1.56 bits per heavy atom. The lowest BCUT2D eigenvalue weighted by Gasteiger charge is -2.16. The third-order valence-corrected chi connectivity index (χ3v) is 3.21. The van der Waals surface area contributed by atoms with Gasteiger partial charge in [-0.25, -0.2) is 4.79 Å². The first-order chi connectivity index (χ1) is 8.74. The van der Waals surface area contributed by atoms with E-state index in [1.165, 1.54) is 44.6 Å². The molecule has 0 radical (unpaired) electrons. The van der Waals surface area contributed by atoms with Gasteiger partial charge in [0.25, 0.3) is 0 Å². The summed E-state index contributed by atoms with van der Waals surface area (Å²) in [5, 5.41) is 0. The quantitative estimate of drug-likeness (QED) is 0.277. The second-order valence-electron chi connectivity index (χ2n) is 4.96. The molecule has 0 spiro atoms. The van der Waals surface area contributed by atoms with Crippen molar-refractivity contribution in [2.75, 3.05) is 0 Å². The summed E-state index contributed by atoms with van der Waals surface area (Å²) < 4.78 is 5.37. The molecule has 0 amide bonds. The van der Waals surface area contributed by atoms with Crippen LogP contribution in [0.5, 0.6) is 0 Å². The molecule has 106 valence electrons. The Morgan fingerprint density at radius 1 is 1.00 bits per heavy atom. The standard InChI is InChI=1S/C16H30O2/c1-4-7-9-10-11-12-14-15(13-8-5-2)18-16(17)6-3/h6,15H,3-5,7-14H2,1-2H3. The van der Waals surface area contributed by atoms with Crippen LogP contribution in [0.4, 0.5) is 0 Å². The number of hydrogen-bond acceptors (Lipinski definition) is 2. The van der Waals surface area contributed by atoms with Crippen LogP contribution < -0.4 is 0 Å². The second-order valence-corrected chi connectivity index (χ2v) is 4.96. The Morgan fingerprint density at radius 3 is 2.17 bits per heavy atom. The third kappa shape index (κ3) is 10.4. The average molecular weight is 254 g/mol. The summed E-state index contributed by atoms with van der Waals surface area (Å²) >= 11 is 0. The maximum atomic E-state index is 11.2. The SMILES string of the molecule is C=CC(=O)OC(CCCC)CCCCCCCC. The monoisotopic (exact) mass is 254 g/mol. The van der Waals surface area contributed by atoms with Crippen molar-refractivity contribution >= 4 is 5.97 Å². The molecule has 18 heavy (non-hydrogen) atoms. The van der Waals surface area contributed by atoms with Crippen LogP contribution in [-0.2, 0) is 9.53 Å². The molecule has 0 bridgehead atoms. The molecular formula is C16H30O2. The smallest absolute Gasteiger partial charge is 0.330 e. The van der Waals surface area contributed by atoms with Gasteiger partial charge in [0.2, 0.25) is 0 Å². The number of carbonyl (C=O) groups is 1. The molecule has 0 aliphatic rings. The lowest BCUT2D eigenvalue weighted by atomic mass is 10.0. The van der Waals surface area contributed by atoms with Gasteiger partial charge in [-0.15, -0.1) is 0 Å². The van der Waals surface area contributed by atoms with E-state index in [0.717, 1.165) is 25.7 Å². The van der Waals surface area contributed by atoms with Crippen LogP contribution in [0.1, 0.15) is 78.1 Å². The molecule has 0 rings (SSSR count). The lowest BCUT2D eigenvalue weighted by molar-refractivity contribution is -0.143. The highest BCUT2D eigenvalue weighted by Gasteiger charge is 2.11. The predicted octanol–water partition coefficient (Wildman–Crippen LogP) is 5.03. The molecule has 1 atom stereocenters. The Bertz CT molecular complexity index is 211. The Kier molecular flexibility index (Phi) is 12.1. The molecule has 0 aromatic rings. The summed E-state index contributed by atoms with van der Waals surface area (Å²) in [4.78, 5) is 11.2. The van der Waals surface area contributed by atoms with E-state index < -0.39 is 0 Å². The highest BCUT2D eigenvalue weighted by Crippen LogP contribution is 2.15. The summed E-state index contributed by atoms with van der Waals surface area (Å²) in [5.74, 6) is -0.276. The zero-order chi connectivity index (χ0) is 13.6. The van der Waals surface area contributed by atoms with E-state index >= 15 is 0 Å². The van der Waals surface area contributed by atoms with E-state index in [9.17, 15) is 4.79 Å². The Labute approximate surface area is 113 Å². The first-order valence-corrected chi connectivity index (χ1v) is 7.57. The van der Waals surface area contributed by atoms with Crippen molar-refractivity contribution in [3.05, 3.63) is 12.7 Å². The van der Waals surface area contributed by atoms with E-state index in [2.05, 4.69) is 20.4 Å². The summed E-state index contributed by atoms with van der Waals surface area (Å²) in [6, 6.07) is 0. The zero-order valence-electron chi connectivity index (χ0n) is 12.2. The molecule has 0 aliphatic carbocycles. The van der Waals surface area contributed by atoms with Gasteiger partial charge in [0.15, 0.2) is 0 Å². The van der Waals surface area contributed by atoms with Crippen molar-refractivity contribution in [1.82, 2.24) is 0 Å². The molecule has 0 saturated carbocycles. The zero-order valence-corrected chi connectivity index (χ0v) is 12.2. The fourth-order valence-corrected chi connectivity index (χ4v) is 2.06. The number of hydrogen-bond donors (Lipinski definition) is 0. The topological polar surface area (TPSA) is 26.3 Å². The number of ether oxygens (including phenoxy) is 1. The average Bonchev–Trinajstić information content (AvgIpc) is 2.39. The van der Waals surface area contributed by atoms with Gasteiger partial charge in [0.1, 0.15) is 6.10 Å². The van der Waals surface area contributed by atoms with E-state index in [4.69, 9.17) is 4.74 Å². The minimum absolute atomic E-state index is 0.0987. The van der Waals surface area contributed by atoms with Gasteiger partial charge in [-0.1, -0.05) is 65.4 Å². The van der Waals surface area contributed by atoms with Crippen molar-refractivity contribution in [2.45, 2.75) is 84.2 Å². The van der Waals surface area contributed by atoms with Gasteiger partial charge in [-0.2, -0.15) is 0 Å². The number of rotatable bonds is 12. The first kappa shape index (κ1) is 17.2. The summed E-state index contributed by atoms with van der Waals surface area (Å²) in [7, 11) is 0. The van der Waals surface area contributed by atoms with Crippen LogP contribution in [0.2, 0.25) is 0 Å². The van der Waals surface area contributed by atoms with Crippen LogP contribution >= 0.6 is 0 Å². The largest absolute Gasteiger partial charge is 0.459 e.